The standard InChI is InChI=1S/C50H38/c1-2-35(49-43-22-11-13-24-45(43)50(37-18-7-4-8-19-37)46-25-14-12-23-44(46)49)32-39-21-10-9-20-38(39)30-34-28-29-40-33-48-41(36-16-5-3-6-17-36)26-15-27-42(48)47(40)31-34/h2-5,7-16,18-32H,6,17,33H2,1H3/b35-2+,38-30+,39-32-. The lowest BCUT2D eigenvalue weighted by atomic mass is 9.85. The van der Waals surface area contributed by atoms with Crippen LogP contribution in [-0.2, 0) is 6.42 Å². The summed E-state index contributed by atoms with van der Waals surface area (Å²) in [6.07, 6.45) is 17.0. The van der Waals surface area contributed by atoms with Crippen molar-refractivity contribution in [3.05, 3.63) is 202 Å². The molecule has 50 heavy (non-hydrogen) atoms. The van der Waals surface area contributed by atoms with E-state index in [9.17, 15) is 0 Å². The largest absolute Gasteiger partial charge is 0.0842 e. The predicted octanol–water partition coefficient (Wildman–Crippen LogP) is 11.7. The van der Waals surface area contributed by atoms with E-state index in [2.05, 4.69) is 183 Å². The first-order chi connectivity index (χ1) is 24.8. The van der Waals surface area contributed by atoms with Gasteiger partial charge in [-0.1, -0.05) is 158 Å². The summed E-state index contributed by atoms with van der Waals surface area (Å²) in [7, 11) is 0. The van der Waals surface area contributed by atoms with Crippen molar-refractivity contribution in [1.82, 2.24) is 0 Å². The van der Waals surface area contributed by atoms with Crippen molar-refractivity contribution in [3.63, 3.8) is 0 Å². The van der Waals surface area contributed by atoms with Gasteiger partial charge in [-0.25, -0.2) is 0 Å². The molecular weight excluding hydrogens is 601 g/mol. The number of fused-ring (bicyclic) bond motifs is 5. The van der Waals surface area contributed by atoms with E-state index in [-0.39, 0.29) is 0 Å². The van der Waals surface area contributed by atoms with Crippen LogP contribution in [0, 0.1) is 0 Å². The minimum atomic E-state index is 1.00. The number of hydrogen-bond acceptors (Lipinski definition) is 0. The van der Waals surface area contributed by atoms with Crippen molar-refractivity contribution >= 4 is 44.8 Å². The van der Waals surface area contributed by atoms with Crippen LogP contribution in [0.2, 0.25) is 0 Å². The first-order valence-electron chi connectivity index (χ1n) is 17.8. The summed E-state index contributed by atoms with van der Waals surface area (Å²) < 4.78 is 0. The zero-order valence-electron chi connectivity index (χ0n) is 28.4. The van der Waals surface area contributed by atoms with Crippen LogP contribution in [0.5, 0.6) is 0 Å². The predicted molar refractivity (Wildman–Crippen MR) is 215 cm³/mol. The van der Waals surface area contributed by atoms with Crippen LogP contribution in [0.3, 0.4) is 0 Å². The summed E-state index contributed by atoms with van der Waals surface area (Å²) in [4.78, 5) is 0. The molecule has 0 unspecified atom stereocenters. The van der Waals surface area contributed by atoms with E-state index >= 15 is 0 Å². The van der Waals surface area contributed by atoms with Gasteiger partial charge in [-0.15, -0.1) is 0 Å². The van der Waals surface area contributed by atoms with Crippen molar-refractivity contribution in [2.45, 2.75) is 26.2 Å². The monoisotopic (exact) mass is 638 g/mol. The van der Waals surface area contributed by atoms with E-state index in [1.807, 2.05) is 0 Å². The lowest BCUT2D eigenvalue weighted by Gasteiger charge is -2.18. The van der Waals surface area contributed by atoms with Gasteiger partial charge in [-0.2, -0.15) is 0 Å². The quantitative estimate of drug-likeness (QED) is 0.165. The Labute approximate surface area is 294 Å². The molecule has 0 aliphatic heterocycles. The Morgan fingerprint density at radius 3 is 2.00 bits per heavy atom. The molecule has 2 aliphatic carbocycles. The maximum atomic E-state index is 2.40. The molecule has 7 aromatic rings. The molecule has 0 atom stereocenters. The van der Waals surface area contributed by atoms with Crippen LogP contribution in [0.1, 0.15) is 47.6 Å². The molecule has 2 aliphatic rings. The van der Waals surface area contributed by atoms with Gasteiger partial charge in [0.25, 0.3) is 0 Å². The number of rotatable bonds is 5. The first-order valence-corrected chi connectivity index (χ1v) is 17.8. The van der Waals surface area contributed by atoms with E-state index in [0.717, 1.165) is 19.3 Å². The van der Waals surface area contributed by atoms with Gasteiger partial charge >= 0.3 is 0 Å². The molecule has 0 N–H and O–H groups in total. The summed E-state index contributed by atoms with van der Waals surface area (Å²) >= 11 is 0. The molecule has 0 radical (unpaired) electrons. The lowest BCUT2D eigenvalue weighted by Crippen LogP contribution is -2.24. The fraction of sp³-hybridized carbons (Fsp3) is 0.0800. The molecule has 9 rings (SSSR count). The van der Waals surface area contributed by atoms with E-state index in [0.29, 0.717) is 0 Å². The number of allylic oxidation sites excluding steroid dienone is 6. The van der Waals surface area contributed by atoms with E-state index in [1.54, 1.807) is 0 Å². The zero-order valence-corrected chi connectivity index (χ0v) is 28.4. The van der Waals surface area contributed by atoms with Crippen molar-refractivity contribution < 1.29 is 0 Å². The van der Waals surface area contributed by atoms with E-state index in [1.165, 1.54) is 93.2 Å². The Kier molecular flexibility index (Phi) is 7.71. The third kappa shape index (κ3) is 5.25. The maximum Gasteiger partial charge on any atom is -0.000740 e. The Morgan fingerprint density at radius 1 is 0.600 bits per heavy atom. The summed E-state index contributed by atoms with van der Waals surface area (Å²) in [6.45, 7) is 2.17. The third-order valence-electron chi connectivity index (χ3n) is 10.5. The molecule has 0 nitrogen and oxygen atoms in total. The second kappa shape index (κ2) is 12.8. The van der Waals surface area contributed by atoms with Crippen molar-refractivity contribution in [3.8, 4) is 22.3 Å². The van der Waals surface area contributed by atoms with Crippen LogP contribution in [0.15, 0.2) is 164 Å². The first kappa shape index (κ1) is 30.1. The number of benzene rings is 7. The molecular formula is C50H38. The van der Waals surface area contributed by atoms with E-state index in [4.69, 9.17) is 0 Å². The highest BCUT2D eigenvalue weighted by Gasteiger charge is 2.22. The van der Waals surface area contributed by atoms with Gasteiger partial charge in [0, 0.05) is 0 Å². The summed E-state index contributed by atoms with van der Waals surface area (Å²) in [5, 5.41) is 7.52. The second-order valence-electron chi connectivity index (χ2n) is 13.5. The molecule has 0 aromatic heterocycles. The average molecular weight is 639 g/mol. The van der Waals surface area contributed by atoms with Crippen molar-refractivity contribution in [1.29, 1.82) is 0 Å². The molecule has 0 saturated carbocycles. The van der Waals surface area contributed by atoms with Gasteiger partial charge in [0.15, 0.2) is 0 Å². The number of hydrogen-bond donors (Lipinski definition) is 0. The fourth-order valence-corrected chi connectivity index (χ4v) is 8.21. The van der Waals surface area contributed by atoms with Gasteiger partial charge in [0.1, 0.15) is 0 Å². The smallest absolute Gasteiger partial charge is 0.000740 e. The SMILES string of the molecule is C\C=C(/C=c1/cccc/c1=C\c1ccc2c(c1)-c1cccc(C3=CC=CCC3)c1C2)c1c2ccccc2c(-c2ccccc2)c2ccccc12. The highest BCUT2D eigenvalue weighted by atomic mass is 14.3. The molecule has 0 fully saturated rings. The van der Waals surface area contributed by atoms with Crippen LogP contribution in [0.25, 0.3) is 67.1 Å². The fourth-order valence-electron chi connectivity index (χ4n) is 8.21. The molecule has 0 heteroatoms. The Hall–Kier alpha value is -5.98. The van der Waals surface area contributed by atoms with Crippen LogP contribution in [-0.4, -0.2) is 0 Å². The molecule has 0 bridgehead atoms. The summed E-state index contributed by atoms with van der Waals surface area (Å²) in [5.41, 5.74) is 14.8. The molecule has 0 saturated heterocycles. The van der Waals surface area contributed by atoms with Crippen LogP contribution < -0.4 is 10.4 Å². The molecule has 0 amide bonds. The highest BCUT2D eigenvalue weighted by Crippen LogP contribution is 2.43. The van der Waals surface area contributed by atoms with Crippen molar-refractivity contribution in [2.75, 3.05) is 0 Å². The van der Waals surface area contributed by atoms with Gasteiger partial charge in [-0.05, 0) is 138 Å². The lowest BCUT2D eigenvalue weighted by molar-refractivity contribution is 1.05. The Bertz CT molecular complexity index is 2610. The second-order valence-corrected chi connectivity index (χ2v) is 13.5. The minimum absolute atomic E-state index is 1.00. The summed E-state index contributed by atoms with van der Waals surface area (Å²) in [6, 6.07) is 51.3. The topological polar surface area (TPSA) is 0 Å². The van der Waals surface area contributed by atoms with Gasteiger partial charge in [-0.3, -0.25) is 0 Å². The van der Waals surface area contributed by atoms with Crippen LogP contribution in [0.4, 0.5) is 0 Å². The van der Waals surface area contributed by atoms with Gasteiger partial charge in [0.2, 0.25) is 0 Å². The minimum Gasteiger partial charge on any atom is -0.0842 e. The third-order valence-corrected chi connectivity index (χ3v) is 10.5. The molecule has 0 spiro atoms. The van der Waals surface area contributed by atoms with Gasteiger partial charge in [0.05, 0.1) is 0 Å². The summed E-state index contributed by atoms with van der Waals surface area (Å²) in [5.74, 6) is 0. The maximum absolute atomic E-state index is 2.40. The Morgan fingerprint density at radius 2 is 1.28 bits per heavy atom. The molecule has 0 heterocycles. The Balaban J connectivity index is 1.18. The normalized spacial score (nSPS) is 14.7. The average Bonchev–Trinajstić information content (AvgIpc) is 3.56. The zero-order chi connectivity index (χ0) is 33.4. The van der Waals surface area contributed by atoms with Crippen molar-refractivity contribution in [2.24, 2.45) is 0 Å². The molecule has 7 aromatic carbocycles. The van der Waals surface area contributed by atoms with E-state index < -0.39 is 0 Å². The highest BCUT2D eigenvalue weighted by molar-refractivity contribution is 6.20. The van der Waals surface area contributed by atoms with Crippen LogP contribution >= 0.6 is 0 Å². The van der Waals surface area contributed by atoms with Gasteiger partial charge < -0.3 is 0 Å². The molecule has 238 valence electrons.